The van der Waals surface area contributed by atoms with Gasteiger partial charge in [-0.1, -0.05) is 36.4 Å². The number of fused-ring (bicyclic) bond motifs is 1. The van der Waals surface area contributed by atoms with Crippen molar-refractivity contribution in [3.05, 3.63) is 83.2 Å². The third-order valence-electron chi connectivity index (χ3n) is 4.75. The standard InChI is InChI=1S/C21H21N3O/c25-21(14-16-9-10-17-6-3-7-18(17)13-16)22-15-19-5-1-2-8-20(19)24-12-4-11-23-24/h1-2,4-5,8-13H,3,6-7,14-15H2,(H,22,25). The number of nitrogens with zero attached hydrogens (tertiary/aromatic N) is 2. The van der Waals surface area contributed by atoms with Gasteiger partial charge >= 0.3 is 0 Å². The molecule has 1 amide bonds. The lowest BCUT2D eigenvalue weighted by atomic mass is 10.0. The molecule has 0 unspecified atom stereocenters. The third kappa shape index (κ3) is 3.48. The summed E-state index contributed by atoms with van der Waals surface area (Å²) in [6.07, 6.45) is 7.63. The van der Waals surface area contributed by atoms with E-state index in [1.54, 1.807) is 6.20 Å². The van der Waals surface area contributed by atoms with Gasteiger partial charge in [0.1, 0.15) is 0 Å². The van der Waals surface area contributed by atoms with E-state index in [1.807, 2.05) is 41.2 Å². The molecule has 0 fully saturated rings. The number of para-hydroxylation sites is 1. The SMILES string of the molecule is O=C(Cc1ccc2c(c1)CCC2)NCc1ccccc1-n1cccn1. The van der Waals surface area contributed by atoms with Crippen LogP contribution in [0.4, 0.5) is 0 Å². The highest BCUT2D eigenvalue weighted by atomic mass is 16.1. The van der Waals surface area contributed by atoms with Crippen LogP contribution in [0.25, 0.3) is 5.69 Å². The first kappa shape index (κ1) is 15.6. The number of aryl methyl sites for hydroxylation is 2. The molecule has 0 spiro atoms. The Morgan fingerprint density at radius 3 is 2.84 bits per heavy atom. The van der Waals surface area contributed by atoms with Crippen LogP contribution in [0.1, 0.15) is 28.7 Å². The molecule has 0 radical (unpaired) electrons. The van der Waals surface area contributed by atoms with Crippen LogP contribution in [0, 0.1) is 0 Å². The van der Waals surface area contributed by atoms with Crippen LogP contribution < -0.4 is 5.32 Å². The Balaban J connectivity index is 1.41. The largest absolute Gasteiger partial charge is 0.352 e. The Bertz CT molecular complexity index is 884. The molecule has 1 heterocycles. The van der Waals surface area contributed by atoms with Gasteiger partial charge in [0.2, 0.25) is 5.91 Å². The smallest absolute Gasteiger partial charge is 0.224 e. The summed E-state index contributed by atoms with van der Waals surface area (Å²) in [4.78, 5) is 12.4. The fraction of sp³-hybridized carbons (Fsp3) is 0.238. The zero-order chi connectivity index (χ0) is 17.1. The normalized spacial score (nSPS) is 12.8. The van der Waals surface area contributed by atoms with Gasteiger partial charge in [-0.3, -0.25) is 4.79 Å². The van der Waals surface area contributed by atoms with Gasteiger partial charge < -0.3 is 5.32 Å². The minimum atomic E-state index is 0.0493. The van der Waals surface area contributed by atoms with E-state index in [2.05, 4.69) is 28.6 Å². The van der Waals surface area contributed by atoms with Gasteiger partial charge in [-0.15, -0.1) is 0 Å². The lowest BCUT2D eigenvalue weighted by molar-refractivity contribution is -0.120. The Labute approximate surface area is 147 Å². The van der Waals surface area contributed by atoms with Gasteiger partial charge in [-0.2, -0.15) is 5.10 Å². The Morgan fingerprint density at radius 2 is 1.96 bits per heavy atom. The number of hydrogen-bond donors (Lipinski definition) is 1. The third-order valence-corrected chi connectivity index (χ3v) is 4.75. The summed E-state index contributed by atoms with van der Waals surface area (Å²) < 4.78 is 1.82. The molecule has 1 aromatic heterocycles. The summed E-state index contributed by atoms with van der Waals surface area (Å²) in [7, 11) is 0. The fourth-order valence-electron chi connectivity index (χ4n) is 3.47. The number of amides is 1. The van der Waals surface area contributed by atoms with E-state index in [0.717, 1.165) is 23.2 Å². The predicted molar refractivity (Wildman–Crippen MR) is 97.6 cm³/mol. The van der Waals surface area contributed by atoms with Crippen LogP contribution in [0.2, 0.25) is 0 Å². The summed E-state index contributed by atoms with van der Waals surface area (Å²) in [6.45, 7) is 0.500. The molecule has 1 aliphatic rings. The Morgan fingerprint density at radius 1 is 1.08 bits per heavy atom. The number of rotatable bonds is 5. The van der Waals surface area contributed by atoms with Crippen molar-refractivity contribution in [1.29, 1.82) is 0 Å². The van der Waals surface area contributed by atoms with Crippen LogP contribution in [0.5, 0.6) is 0 Å². The molecule has 0 atom stereocenters. The molecular formula is C21H21N3O. The van der Waals surface area contributed by atoms with Crippen LogP contribution in [-0.2, 0) is 30.6 Å². The molecule has 2 aromatic carbocycles. The predicted octanol–water partition coefficient (Wildman–Crippen LogP) is 3.22. The first-order valence-electron chi connectivity index (χ1n) is 8.75. The van der Waals surface area contributed by atoms with E-state index in [-0.39, 0.29) is 5.91 Å². The maximum absolute atomic E-state index is 12.4. The highest BCUT2D eigenvalue weighted by Crippen LogP contribution is 2.23. The van der Waals surface area contributed by atoms with E-state index in [1.165, 1.54) is 24.0 Å². The summed E-state index contributed by atoms with van der Waals surface area (Å²) in [5, 5.41) is 7.32. The number of nitrogens with one attached hydrogen (secondary N) is 1. The molecule has 1 N–H and O–H groups in total. The van der Waals surface area contributed by atoms with E-state index in [9.17, 15) is 4.79 Å². The quantitative estimate of drug-likeness (QED) is 0.780. The first-order valence-corrected chi connectivity index (χ1v) is 8.75. The van der Waals surface area contributed by atoms with Gasteiger partial charge in [0.05, 0.1) is 12.1 Å². The van der Waals surface area contributed by atoms with E-state index < -0.39 is 0 Å². The van der Waals surface area contributed by atoms with Crippen molar-refractivity contribution in [2.75, 3.05) is 0 Å². The van der Waals surface area contributed by atoms with E-state index >= 15 is 0 Å². The Kier molecular flexibility index (Phi) is 4.34. The first-order chi connectivity index (χ1) is 12.3. The van der Waals surface area contributed by atoms with Gasteiger partial charge in [0.15, 0.2) is 0 Å². The molecule has 1 aliphatic carbocycles. The zero-order valence-corrected chi connectivity index (χ0v) is 14.1. The summed E-state index contributed by atoms with van der Waals surface area (Å²) in [5.41, 5.74) is 5.99. The topological polar surface area (TPSA) is 46.9 Å². The average Bonchev–Trinajstić information content (AvgIpc) is 3.31. The second kappa shape index (κ2) is 6.93. The maximum Gasteiger partial charge on any atom is 0.224 e. The van der Waals surface area contributed by atoms with Gasteiger partial charge in [0, 0.05) is 18.9 Å². The van der Waals surface area contributed by atoms with Gasteiger partial charge in [0.25, 0.3) is 0 Å². The molecule has 0 saturated carbocycles. The number of carbonyl (C=O) groups excluding carboxylic acids is 1. The number of hydrogen-bond acceptors (Lipinski definition) is 2. The average molecular weight is 331 g/mol. The van der Waals surface area contributed by atoms with Gasteiger partial charge in [-0.25, -0.2) is 4.68 Å². The Hall–Kier alpha value is -2.88. The van der Waals surface area contributed by atoms with Crippen molar-refractivity contribution in [3.63, 3.8) is 0 Å². The molecule has 126 valence electrons. The van der Waals surface area contributed by atoms with Crippen LogP contribution in [0.3, 0.4) is 0 Å². The van der Waals surface area contributed by atoms with Crippen molar-refractivity contribution in [1.82, 2.24) is 15.1 Å². The monoisotopic (exact) mass is 331 g/mol. The highest BCUT2D eigenvalue weighted by molar-refractivity contribution is 5.78. The lowest BCUT2D eigenvalue weighted by Crippen LogP contribution is -2.25. The van der Waals surface area contributed by atoms with Gasteiger partial charge in [-0.05, 0) is 53.6 Å². The van der Waals surface area contributed by atoms with Crippen molar-refractivity contribution in [2.45, 2.75) is 32.2 Å². The number of benzene rings is 2. The molecule has 4 rings (SSSR count). The minimum Gasteiger partial charge on any atom is -0.352 e. The molecule has 0 saturated heterocycles. The van der Waals surface area contributed by atoms with E-state index in [4.69, 9.17) is 0 Å². The molecule has 25 heavy (non-hydrogen) atoms. The second-order valence-corrected chi connectivity index (χ2v) is 6.49. The summed E-state index contributed by atoms with van der Waals surface area (Å²) in [5.74, 6) is 0.0493. The molecule has 4 heteroatoms. The highest BCUT2D eigenvalue weighted by Gasteiger charge is 2.12. The molecular weight excluding hydrogens is 310 g/mol. The van der Waals surface area contributed by atoms with Crippen LogP contribution >= 0.6 is 0 Å². The van der Waals surface area contributed by atoms with E-state index in [0.29, 0.717) is 13.0 Å². The minimum absolute atomic E-state index is 0.0493. The van der Waals surface area contributed by atoms with Crippen LogP contribution in [0.15, 0.2) is 60.9 Å². The second-order valence-electron chi connectivity index (χ2n) is 6.49. The van der Waals surface area contributed by atoms with Crippen molar-refractivity contribution < 1.29 is 4.79 Å². The molecule has 0 aliphatic heterocycles. The number of carbonyl (C=O) groups is 1. The van der Waals surface area contributed by atoms with Crippen molar-refractivity contribution in [3.8, 4) is 5.69 Å². The maximum atomic E-state index is 12.4. The van der Waals surface area contributed by atoms with Crippen molar-refractivity contribution in [2.24, 2.45) is 0 Å². The summed E-state index contributed by atoms with van der Waals surface area (Å²) >= 11 is 0. The van der Waals surface area contributed by atoms with Crippen molar-refractivity contribution >= 4 is 5.91 Å². The zero-order valence-electron chi connectivity index (χ0n) is 14.1. The molecule has 4 nitrogen and oxygen atoms in total. The lowest BCUT2D eigenvalue weighted by Gasteiger charge is -2.11. The summed E-state index contributed by atoms with van der Waals surface area (Å²) in [6, 6.07) is 16.3. The van der Waals surface area contributed by atoms with Crippen LogP contribution in [-0.4, -0.2) is 15.7 Å². The number of aromatic nitrogens is 2. The fourth-order valence-corrected chi connectivity index (χ4v) is 3.47. The molecule has 0 bridgehead atoms. The molecule has 3 aromatic rings.